The fourth-order valence-electron chi connectivity index (χ4n) is 1.19. The summed E-state index contributed by atoms with van der Waals surface area (Å²) in [5.74, 6) is -0.0975. The van der Waals surface area contributed by atoms with E-state index >= 15 is 0 Å². The first-order valence-electron chi connectivity index (χ1n) is 4.49. The smallest absolute Gasteiger partial charge is 0.210 e. The molecule has 0 saturated carbocycles. The second kappa shape index (κ2) is 5.48. The van der Waals surface area contributed by atoms with E-state index < -0.39 is 10.0 Å². The number of nitrogens with one attached hydrogen (secondary N) is 1. The van der Waals surface area contributed by atoms with Crippen LogP contribution in [0.25, 0.3) is 0 Å². The van der Waals surface area contributed by atoms with Gasteiger partial charge in [0, 0.05) is 15.5 Å². The van der Waals surface area contributed by atoms with Crippen molar-refractivity contribution < 1.29 is 8.42 Å². The molecule has 0 heterocycles. The Labute approximate surface area is 112 Å². The molecule has 0 amide bonds. The summed E-state index contributed by atoms with van der Waals surface area (Å²) in [5, 5.41) is 7.92. The van der Waals surface area contributed by atoms with Crippen LogP contribution in [0.4, 0.5) is 5.69 Å². The Balaban J connectivity index is 2.75. The van der Waals surface area contributed by atoms with Crippen LogP contribution < -0.4 is 10.5 Å². The minimum absolute atomic E-state index is 0.0975. The maximum absolute atomic E-state index is 10.8. The van der Waals surface area contributed by atoms with Gasteiger partial charge in [0.05, 0.1) is 11.4 Å². The molecule has 0 unspecified atom stereocenters. The average molecular weight is 372 g/mol. The largest absolute Gasteiger partial charge is 0.382 e. The number of hydrogen-bond acceptors (Lipinski definition) is 3. The number of nitrogens with two attached hydrogens (primary N) is 1. The molecule has 1 rings (SSSR count). The van der Waals surface area contributed by atoms with E-state index in [0.717, 1.165) is 20.2 Å². The number of aryl methyl sites for hydroxylation is 1. The first-order valence-corrected chi connectivity index (χ1v) is 7.80. The standard InChI is InChI=1S/C9H12Br2N2O2S/c1-6-4-7(10)9(8(11)5-6)13-2-3-16(12,14)15/h4-5,13H,2-3H2,1H3,(H2,12,14,15). The zero-order valence-electron chi connectivity index (χ0n) is 8.63. The van der Waals surface area contributed by atoms with Crippen LogP contribution in [-0.2, 0) is 10.0 Å². The highest BCUT2D eigenvalue weighted by Gasteiger charge is 2.07. The van der Waals surface area contributed by atoms with Crippen molar-refractivity contribution in [2.45, 2.75) is 6.92 Å². The minimum Gasteiger partial charge on any atom is -0.382 e. The third kappa shape index (κ3) is 4.40. The molecule has 90 valence electrons. The van der Waals surface area contributed by atoms with E-state index in [1.54, 1.807) is 0 Å². The van der Waals surface area contributed by atoms with Crippen molar-refractivity contribution >= 4 is 47.6 Å². The lowest BCUT2D eigenvalue weighted by Crippen LogP contribution is -2.22. The van der Waals surface area contributed by atoms with E-state index in [1.807, 2.05) is 19.1 Å². The lowest BCUT2D eigenvalue weighted by atomic mass is 10.2. The SMILES string of the molecule is Cc1cc(Br)c(NCCS(N)(=O)=O)c(Br)c1. The number of primary sulfonamides is 1. The van der Waals surface area contributed by atoms with Gasteiger partial charge in [-0.25, -0.2) is 13.6 Å². The summed E-state index contributed by atoms with van der Waals surface area (Å²) in [4.78, 5) is 0. The Kier molecular flexibility index (Phi) is 4.78. The van der Waals surface area contributed by atoms with E-state index in [0.29, 0.717) is 0 Å². The summed E-state index contributed by atoms with van der Waals surface area (Å²) < 4.78 is 23.3. The minimum atomic E-state index is -3.42. The van der Waals surface area contributed by atoms with Gasteiger partial charge in [-0.3, -0.25) is 0 Å². The molecule has 4 nitrogen and oxygen atoms in total. The Morgan fingerprint density at radius 1 is 1.31 bits per heavy atom. The number of benzene rings is 1. The Morgan fingerprint density at radius 2 is 1.81 bits per heavy atom. The highest BCUT2D eigenvalue weighted by atomic mass is 79.9. The maximum atomic E-state index is 10.8. The zero-order valence-corrected chi connectivity index (χ0v) is 12.6. The molecule has 3 N–H and O–H groups in total. The summed E-state index contributed by atoms with van der Waals surface area (Å²) in [7, 11) is -3.42. The number of hydrogen-bond donors (Lipinski definition) is 2. The highest BCUT2D eigenvalue weighted by molar-refractivity contribution is 9.11. The number of halogens is 2. The van der Waals surface area contributed by atoms with Gasteiger partial charge < -0.3 is 5.32 Å². The molecular formula is C9H12Br2N2O2S. The van der Waals surface area contributed by atoms with Gasteiger partial charge in [0.15, 0.2) is 0 Å². The van der Waals surface area contributed by atoms with Crippen LogP contribution in [0.1, 0.15) is 5.56 Å². The number of sulfonamides is 1. The van der Waals surface area contributed by atoms with Crippen LogP contribution in [0.5, 0.6) is 0 Å². The monoisotopic (exact) mass is 370 g/mol. The number of rotatable bonds is 4. The van der Waals surface area contributed by atoms with Crippen LogP contribution in [0.2, 0.25) is 0 Å². The summed E-state index contributed by atoms with van der Waals surface area (Å²) in [6.45, 7) is 2.25. The van der Waals surface area contributed by atoms with Crippen molar-refractivity contribution in [3.05, 3.63) is 26.6 Å². The molecule has 0 aliphatic heterocycles. The van der Waals surface area contributed by atoms with Crippen LogP contribution in [0, 0.1) is 6.92 Å². The summed E-state index contributed by atoms with van der Waals surface area (Å²) in [6.07, 6.45) is 0. The normalized spacial score (nSPS) is 11.5. The van der Waals surface area contributed by atoms with Gasteiger partial charge in [-0.1, -0.05) is 0 Å². The van der Waals surface area contributed by atoms with Crippen LogP contribution in [-0.4, -0.2) is 20.7 Å². The molecule has 0 aromatic heterocycles. The van der Waals surface area contributed by atoms with Gasteiger partial charge in [0.2, 0.25) is 10.0 Å². The van der Waals surface area contributed by atoms with Crippen molar-refractivity contribution in [1.82, 2.24) is 0 Å². The third-order valence-electron chi connectivity index (χ3n) is 1.87. The van der Waals surface area contributed by atoms with Crippen molar-refractivity contribution in [1.29, 1.82) is 0 Å². The van der Waals surface area contributed by atoms with Crippen LogP contribution in [0.15, 0.2) is 21.1 Å². The van der Waals surface area contributed by atoms with E-state index in [-0.39, 0.29) is 12.3 Å². The molecule has 7 heteroatoms. The summed E-state index contributed by atoms with van der Waals surface area (Å²) >= 11 is 6.81. The molecule has 0 aliphatic carbocycles. The van der Waals surface area contributed by atoms with E-state index in [1.165, 1.54) is 0 Å². The number of anilines is 1. The van der Waals surface area contributed by atoms with E-state index in [2.05, 4.69) is 37.2 Å². The third-order valence-corrected chi connectivity index (χ3v) is 3.90. The van der Waals surface area contributed by atoms with E-state index in [9.17, 15) is 8.42 Å². The molecule has 16 heavy (non-hydrogen) atoms. The Bertz CT molecular complexity index is 465. The molecule has 0 saturated heterocycles. The highest BCUT2D eigenvalue weighted by Crippen LogP contribution is 2.31. The topological polar surface area (TPSA) is 72.2 Å². The molecular weight excluding hydrogens is 360 g/mol. The van der Waals surface area contributed by atoms with Crippen molar-refractivity contribution in [3.63, 3.8) is 0 Å². The molecule has 1 aromatic rings. The Hall–Kier alpha value is -0.110. The van der Waals surface area contributed by atoms with Crippen molar-refractivity contribution in [3.8, 4) is 0 Å². The molecule has 0 fully saturated rings. The molecule has 0 bridgehead atoms. The fourth-order valence-corrected chi connectivity index (χ4v) is 3.27. The molecule has 1 aromatic carbocycles. The van der Waals surface area contributed by atoms with Gasteiger partial charge in [0.25, 0.3) is 0 Å². The fraction of sp³-hybridized carbons (Fsp3) is 0.333. The lowest BCUT2D eigenvalue weighted by Gasteiger charge is -2.11. The molecule has 0 spiro atoms. The van der Waals surface area contributed by atoms with E-state index in [4.69, 9.17) is 5.14 Å². The van der Waals surface area contributed by atoms with Gasteiger partial charge in [-0.2, -0.15) is 0 Å². The quantitative estimate of drug-likeness (QED) is 0.852. The predicted octanol–water partition coefficient (Wildman–Crippen LogP) is 2.22. The Morgan fingerprint density at radius 3 is 2.25 bits per heavy atom. The van der Waals surface area contributed by atoms with Crippen molar-refractivity contribution in [2.75, 3.05) is 17.6 Å². The van der Waals surface area contributed by atoms with Gasteiger partial charge in [-0.15, -0.1) is 0 Å². The summed E-state index contributed by atoms with van der Waals surface area (Å²) in [6, 6.07) is 3.90. The zero-order chi connectivity index (χ0) is 12.3. The molecule has 0 aliphatic rings. The summed E-state index contributed by atoms with van der Waals surface area (Å²) in [5.41, 5.74) is 1.94. The van der Waals surface area contributed by atoms with Crippen LogP contribution >= 0.6 is 31.9 Å². The maximum Gasteiger partial charge on any atom is 0.210 e. The second-order valence-corrected chi connectivity index (χ2v) is 6.84. The van der Waals surface area contributed by atoms with Gasteiger partial charge >= 0.3 is 0 Å². The first-order chi connectivity index (χ1) is 7.29. The first kappa shape index (κ1) is 14.0. The van der Waals surface area contributed by atoms with Crippen LogP contribution in [0.3, 0.4) is 0 Å². The van der Waals surface area contributed by atoms with Gasteiger partial charge in [-0.05, 0) is 56.5 Å². The predicted molar refractivity (Wildman–Crippen MR) is 73.0 cm³/mol. The van der Waals surface area contributed by atoms with Crippen molar-refractivity contribution in [2.24, 2.45) is 5.14 Å². The lowest BCUT2D eigenvalue weighted by molar-refractivity contribution is 0.598. The second-order valence-electron chi connectivity index (χ2n) is 3.40. The molecule has 0 atom stereocenters. The van der Waals surface area contributed by atoms with Gasteiger partial charge in [0.1, 0.15) is 0 Å². The molecule has 0 radical (unpaired) electrons. The average Bonchev–Trinajstić information content (AvgIpc) is 2.07.